The maximum absolute atomic E-state index is 13.2. The minimum atomic E-state index is -3.40. The second kappa shape index (κ2) is 8.97. The molecule has 2 amide bonds. The van der Waals surface area contributed by atoms with Gasteiger partial charge in [0.15, 0.2) is 0 Å². The van der Waals surface area contributed by atoms with Gasteiger partial charge in [0, 0.05) is 25.4 Å². The van der Waals surface area contributed by atoms with Gasteiger partial charge in [-0.25, -0.2) is 4.79 Å². The van der Waals surface area contributed by atoms with E-state index in [4.69, 9.17) is 10.5 Å². The number of aliphatic imine (C=N–C) groups is 1. The first kappa shape index (κ1) is 23.6. The summed E-state index contributed by atoms with van der Waals surface area (Å²) in [5.41, 5.74) is 5.43. The zero-order valence-electron chi connectivity index (χ0n) is 17.9. The van der Waals surface area contributed by atoms with E-state index >= 15 is 0 Å². The van der Waals surface area contributed by atoms with Crippen LogP contribution in [0, 0.1) is 5.92 Å². The monoisotopic (exact) mass is 425 g/mol. The second-order valence-electron chi connectivity index (χ2n) is 8.49. The molecule has 0 radical (unpaired) electrons. The number of piperidine rings is 1. The van der Waals surface area contributed by atoms with E-state index in [0.29, 0.717) is 26.3 Å². The van der Waals surface area contributed by atoms with Crippen LogP contribution in [0.15, 0.2) is 29.3 Å². The number of nitrogens with zero attached hydrogens (tertiary/aromatic N) is 2. The summed E-state index contributed by atoms with van der Waals surface area (Å²) in [4.78, 5) is 30.5. The van der Waals surface area contributed by atoms with Gasteiger partial charge < -0.3 is 20.1 Å². The van der Waals surface area contributed by atoms with Crippen molar-refractivity contribution in [3.63, 3.8) is 0 Å². The fraction of sp³-hybridized carbons (Fsp3) is 0.571. The molecule has 9 heteroatoms. The number of rotatable bonds is 4. The van der Waals surface area contributed by atoms with Crippen LogP contribution in [-0.4, -0.2) is 47.0 Å². The van der Waals surface area contributed by atoms with Crippen LogP contribution in [0.3, 0.4) is 0 Å². The Hall–Kier alpha value is -2.71. The van der Waals surface area contributed by atoms with Crippen LogP contribution in [0.2, 0.25) is 0 Å². The number of hydrogen-bond donors (Lipinski definition) is 1. The summed E-state index contributed by atoms with van der Waals surface area (Å²) in [6.07, 6.45) is -3.01. The van der Waals surface area contributed by atoms with Crippen LogP contribution in [0.1, 0.15) is 53.0 Å². The van der Waals surface area contributed by atoms with Crippen LogP contribution in [-0.2, 0) is 9.53 Å². The van der Waals surface area contributed by atoms with E-state index in [1.165, 1.54) is 18.2 Å². The van der Waals surface area contributed by atoms with Crippen LogP contribution in [0.25, 0.3) is 0 Å². The highest BCUT2D eigenvalue weighted by Gasteiger charge is 2.34. The molecular weight excluding hydrogens is 396 g/mol. The molecule has 166 valence electrons. The van der Waals surface area contributed by atoms with Crippen molar-refractivity contribution in [2.75, 3.05) is 6.54 Å². The summed E-state index contributed by atoms with van der Waals surface area (Å²) >= 11 is 0. The molecule has 1 fully saturated rings. The summed E-state index contributed by atoms with van der Waals surface area (Å²) in [6, 6.07) is 5.69. The van der Waals surface area contributed by atoms with Gasteiger partial charge in [-0.3, -0.25) is 4.79 Å². The molecule has 7 nitrogen and oxygen atoms in total. The molecule has 0 spiro atoms. The van der Waals surface area contributed by atoms with E-state index in [1.54, 1.807) is 31.7 Å². The quantitative estimate of drug-likeness (QED) is 0.582. The standard InChI is InChI=1S/C21H29F2N3O4/c1-13-12-14(10-11-26(13)19(28)30-20(2,3)4)18(27)25-17(24)15-8-6-7-9-16(15)29-21(5,22)23/h6-9,13-14H,10-12H2,1-5H3,(H2,24,25,27). The van der Waals surface area contributed by atoms with Gasteiger partial charge in [0.1, 0.15) is 17.2 Å². The Morgan fingerprint density at radius 2 is 1.83 bits per heavy atom. The predicted octanol–water partition coefficient (Wildman–Crippen LogP) is 3.95. The van der Waals surface area contributed by atoms with Crippen molar-refractivity contribution in [2.24, 2.45) is 16.6 Å². The lowest BCUT2D eigenvalue weighted by atomic mass is 9.91. The number of benzene rings is 1. The Labute approximate surface area is 175 Å². The van der Waals surface area contributed by atoms with E-state index in [1.807, 2.05) is 6.92 Å². The molecule has 2 rings (SSSR count). The lowest BCUT2D eigenvalue weighted by Crippen LogP contribution is -2.47. The first-order valence-corrected chi connectivity index (χ1v) is 9.80. The number of amides is 2. The van der Waals surface area contributed by atoms with Crippen molar-refractivity contribution in [1.29, 1.82) is 0 Å². The molecule has 2 unspecified atom stereocenters. The average molecular weight is 425 g/mol. The van der Waals surface area contributed by atoms with Gasteiger partial charge in [-0.05, 0) is 52.7 Å². The fourth-order valence-electron chi connectivity index (χ4n) is 3.22. The molecule has 0 aromatic heterocycles. The Morgan fingerprint density at radius 1 is 1.20 bits per heavy atom. The maximum Gasteiger partial charge on any atom is 0.410 e. The average Bonchev–Trinajstić information content (AvgIpc) is 2.58. The highest BCUT2D eigenvalue weighted by Crippen LogP contribution is 2.27. The molecule has 1 aliphatic rings. The van der Waals surface area contributed by atoms with E-state index in [9.17, 15) is 18.4 Å². The number of halogens is 2. The molecule has 1 saturated heterocycles. The number of amidine groups is 1. The third-order valence-corrected chi connectivity index (χ3v) is 4.54. The van der Waals surface area contributed by atoms with Crippen molar-refractivity contribution < 1.29 is 27.8 Å². The van der Waals surface area contributed by atoms with Gasteiger partial charge in [0.25, 0.3) is 5.91 Å². The minimum Gasteiger partial charge on any atom is -0.444 e. The van der Waals surface area contributed by atoms with E-state index < -0.39 is 29.6 Å². The lowest BCUT2D eigenvalue weighted by Gasteiger charge is -2.37. The number of nitrogens with two attached hydrogens (primary N) is 1. The van der Waals surface area contributed by atoms with E-state index in [2.05, 4.69) is 9.73 Å². The number of hydrogen-bond acceptors (Lipinski definition) is 4. The highest BCUT2D eigenvalue weighted by atomic mass is 19.3. The molecule has 1 aromatic carbocycles. The van der Waals surface area contributed by atoms with Gasteiger partial charge in [-0.15, -0.1) is 0 Å². The molecule has 2 atom stereocenters. The number of alkyl halides is 2. The van der Waals surface area contributed by atoms with Crippen molar-refractivity contribution >= 4 is 17.8 Å². The molecule has 1 aromatic rings. The second-order valence-corrected chi connectivity index (χ2v) is 8.49. The Balaban J connectivity index is 2.09. The third kappa shape index (κ3) is 6.67. The molecule has 0 aliphatic carbocycles. The van der Waals surface area contributed by atoms with Crippen LogP contribution >= 0.6 is 0 Å². The molecule has 1 aliphatic heterocycles. The number of likely N-dealkylation sites (tertiary alicyclic amines) is 1. The summed E-state index contributed by atoms with van der Waals surface area (Å²) in [6.45, 7) is 8.17. The molecular formula is C21H29F2N3O4. The largest absolute Gasteiger partial charge is 0.444 e. The maximum atomic E-state index is 13.2. The van der Waals surface area contributed by atoms with Crippen LogP contribution in [0.5, 0.6) is 5.75 Å². The summed E-state index contributed by atoms with van der Waals surface area (Å²) in [7, 11) is 0. The van der Waals surface area contributed by atoms with Crippen LogP contribution < -0.4 is 10.5 Å². The van der Waals surface area contributed by atoms with Crippen LogP contribution in [0.4, 0.5) is 13.6 Å². The van der Waals surface area contributed by atoms with Gasteiger partial charge in [0.05, 0.1) is 5.56 Å². The Bertz CT molecular complexity index is 815. The number of ether oxygens (including phenoxy) is 2. The number of carbonyl (C=O) groups is 2. The first-order chi connectivity index (χ1) is 13.8. The molecule has 2 N–H and O–H groups in total. The lowest BCUT2D eigenvalue weighted by molar-refractivity contribution is -0.159. The third-order valence-electron chi connectivity index (χ3n) is 4.54. The van der Waals surface area contributed by atoms with Crippen molar-refractivity contribution in [3.05, 3.63) is 29.8 Å². The van der Waals surface area contributed by atoms with Crippen molar-refractivity contribution in [1.82, 2.24) is 4.90 Å². The molecule has 0 bridgehead atoms. The van der Waals surface area contributed by atoms with Gasteiger partial charge in [0.2, 0.25) is 0 Å². The van der Waals surface area contributed by atoms with Gasteiger partial charge >= 0.3 is 12.2 Å². The number of carbonyl (C=O) groups excluding carboxylic acids is 2. The Morgan fingerprint density at radius 3 is 2.40 bits per heavy atom. The summed E-state index contributed by atoms with van der Waals surface area (Å²) in [5, 5.41) is 0. The van der Waals surface area contributed by atoms with Crippen molar-refractivity contribution in [2.45, 2.75) is 65.2 Å². The fourth-order valence-corrected chi connectivity index (χ4v) is 3.22. The summed E-state index contributed by atoms with van der Waals surface area (Å²) in [5.74, 6) is -1.24. The van der Waals surface area contributed by atoms with E-state index in [-0.39, 0.29) is 23.2 Å². The topological polar surface area (TPSA) is 94.2 Å². The number of para-hydroxylation sites is 1. The smallest absolute Gasteiger partial charge is 0.410 e. The van der Waals surface area contributed by atoms with E-state index in [0.717, 1.165) is 0 Å². The molecule has 1 heterocycles. The normalized spacial score (nSPS) is 20.6. The van der Waals surface area contributed by atoms with Gasteiger partial charge in [-0.1, -0.05) is 12.1 Å². The first-order valence-electron chi connectivity index (χ1n) is 9.80. The predicted molar refractivity (Wildman–Crippen MR) is 109 cm³/mol. The molecule has 0 saturated carbocycles. The van der Waals surface area contributed by atoms with Crippen molar-refractivity contribution in [3.8, 4) is 5.75 Å². The Kier molecular flexibility index (Phi) is 7.05. The minimum absolute atomic E-state index is 0.117. The highest BCUT2D eigenvalue weighted by molar-refractivity contribution is 6.06. The van der Waals surface area contributed by atoms with Gasteiger partial charge in [-0.2, -0.15) is 13.8 Å². The zero-order valence-corrected chi connectivity index (χ0v) is 17.9. The SMILES string of the molecule is CC1CC(C(=O)N=C(N)c2ccccc2OC(C)(F)F)CCN1C(=O)OC(C)(C)C. The zero-order chi connectivity index (χ0) is 22.7. The molecule has 30 heavy (non-hydrogen) atoms. The summed E-state index contributed by atoms with van der Waals surface area (Å²) < 4.78 is 36.5.